The average Bonchev–Trinajstić information content (AvgIpc) is 2.82. The van der Waals surface area contributed by atoms with Crippen LogP contribution in [0.15, 0.2) is 42.6 Å². The number of aryl methyl sites for hydroxylation is 1. The Kier molecular flexibility index (Phi) is 2.64. The molecule has 2 heterocycles. The minimum absolute atomic E-state index is 0.598. The van der Waals surface area contributed by atoms with Crippen molar-refractivity contribution >= 4 is 11.3 Å². The number of nitrogens with one attached hydrogen (secondary N) is 1. The van der Waals surface area contributed by atoms with Crippen molar-refractivity contribution in [2.75, 3.05) is 5.32 Å². The van der Waals surface area contributed by atoms with E-state index in [0.29, 0.717) is 6.54 Å². The fraction of sp³-hybridized carbons (Fsp3) is 0.154. The van der Waals surface area contributed by atoms with E-state index in [1.807, 2.05) is 24.3 Å². The fourth-order valence-electron chi connectivity index (χ4n) is 1.75. The van der Waals surface area contributed by atoms with Crippen LogP contribution in [-0.4, -0.2) is 19.8 Å². The number of fused-ring (bicyclic) bond motifs is 1. The van der Waals surface area contributed by atoms with Crippen LogP contribution in [0.3, 0.4) is 0 Å². The molecule has 0 spiro atoms. The van der Waals surface area contributed by atoms with E-state index in [4.69, 9.17) is 0 Å². The molecule has 0 bridgehead atoms. The molecule has 3 rings (SSSR count). The number of hydrogen-bond acceptors (Lipinski definition) is 4. The second-order valence-corrected chi connectivity index (χ2v) is 4.13. The van der Waals surface area contributed by atoms with Gasteiger partial charge in [0, 0.05) is 11.9 Å². The van der Waals surface area contributed by atoms with Crippen molar-refractivity contribution in [2.24, 2.45) is 0 Å². The van der Waals surface area contributed by atoms with Crippen molar-refractivity contribution in [2.45, 2.75) is 13.5 Å². The molecule has 3 aromatic rings. The van der Waals surface area contributed by atoms with Crippen LogP contribution in [0.1, 0.15) is 11.4 Å². The Morgan fingerprint density at radius 2 is 1.94 bits per heavy atom. The van der Waals surface area contributed by atoms with Crippen molar-refractivity contribution < 1.29 is 0 Å². The zero-order chi connectivity index (χ0) is 12.4. The Morgan fingerprint density at radius 3 is 2.78 bits per heavy atom. The molecule has 1 aromatic carbocycles. The maximum Gasteiger partial charge on any atom is 0.177 e. The van der Waals surface area contributed by atoms with Gasteiger partial charge in [-0.05, 0) is 31.2 Å². The molecule has 90 valence electrons. The lowest BCUT2D eigenvalue weighted by atomic mass is 10.2. The van der Waals surface area contributed by atoms with Crippen LogP contribution in [-0.2, 0) is 6.54 Å². The first-order valence-corrected chi connectivity index (χ1v) is 5.79. The molecular formula is C13H13N5. The molecule has 5 nitrogen and oxygen atoms in total. The van der Waals surface area contributed by atoms with Gasteiger partial charge in [0.1, 0.15) is 0 Å². The Balaban J connectivity index is 1.79. The van der Waals surface area contributed by atoms with E-state index in [2.05, 4.69) is 39.7 Å². The van der Waals surface area contributed by atoms with E-state index in [1.165, 1.54) is 5.56 Å². The highest BCUT2D eigenvalue weighted by Gasteiger charge is 2.04. The minimum Gasteiger partial charge on any atom is -0.378 e. The zero-order valence-electron chi connectivity index (χ0n) is 10.0. The second kappa shape index (κ2) is 4.44. The lowest BCUT2D eigenvalue weighted by Gasteiger charge is -2.04. The van der Waals surface area contributed by atoms with Crippen molar-refractivity contribution in [3.05, 3.63) is 54.0 Å². The Hall–Kier alpha value is -2.43. The molecular weight excluding hydrogens is 226 g/mol. The first-order valence-electron chi connectivity index (χ1n) is 5.79. The Bertz CT molecular complexity index is 656. The average molecular weight is 239 g/mol. The van der Waals surface area contributed by atoms with Gasteiger partial charge in [-0.3, -0.25) is 0 Å². The summed E-state index contributed by atoms with van der Waals surface area (Å²) < 4.78 is 1.74. The predicted molar refractivity (Wildman–Crippen MR) is 69.3 cm³/mol. The summed E-state index contributed by atoms with van der Waals surface area (Å²) in [5, 5.41) is 15.7. The summed E-state index contributed by atoms with van der Waals surface area (Å²) in [6, 6.07) is 12.0. The summed E-state index contributed by atoms with van der Waals surface area (Å²) in [6.45, 7) is 2.67. The molecule has 0 saturated carbocycles. The summed E-state index contributed by atoms with van der Waals surface area (Å²) in [6.07, 6.45) is 1.73. The molecule has 0 saturated heterocycles. The standard InChI is InChI=1S/C13H13N5/c1-10-4-6-11(7-5-10)14-9-13-17-16-12-3-2-8-15-18(12)13/h2-8,14H,9H2,1H3. The summed E-state index contributed by atoms with van der Waals surface area (Å²) >= 11 is 0. The summed E-state index contributed by atoms with van der Waals surface area (Å²) in [5.41, 5.74) is 3.07. The van der Waals surface area contributed by atoms with Crippen LogP contribution in [0.5, 0.6) is 0 Å². The van der Waals surface area contributed by atoms with Crippen LogP contribution in [0.4, 0.5) is 5.69 Å². The van der Waals surface area contributed by atoms with Crippen molar-refractivity contribution in [1.82, 2.24) is 19.8 Å². The SMILES string of the molecule is Cc1ccc(NCc2nnc3cccnn23)cc1. The molecule has 0 fully saturated rings. The van der Waals surface area contributed by atoms with Gasteiger partial charge in [-0.15, -0.1) is 10.2 Å². The van der Waals surface area contributed by atoms with Gasteiger partial charge in [0.25, 0.3) is 0 Å². The highest BCUT2D eigenvalue weighted by molar-refractivity contribution is 5.44. The molecule has 2 aromatic heterocycles. The maximum absolute atomic E-state index is 4.22. The first-order chi connectivity index (χ1) is 8.83. The van der Waals surface area contributed by atoms with Crippen molar-refractivity contribution in [3.8, 4) is 0 Å². The molecule has 18 heavy (non-hydrogen) atoms. The number of anilines is 1. The molecule has 1 N–H and O–H groups in total. The molecule has 5 heteroatoms. The van der Waals surface area contributed by atoms with Gasteiger partial charge in [-0.2, -0.15) is 9.61 Å². The molecule has 0 aliphatic rings. The van der Waals surface area contributed by atoms with Crippen molar-refractivity contribution in [1.29, 1.82) is 0 Å². The highest BCUT2D eigenvalue weighted by atomic mass is 15.4. The molecule has 0 unspecified atom stereocenters. The van der Waals surface area contributed by atoms with Gasteiger partial charge in [0.15, 0.2) is 11.5 Å². The van der Waals surface area contributed by atoms with Gasteiger partial charge in [0.2, 0.25) is 0 Å². The largest absolute Gasteiger partial charge is 0.378 e. The predicted octanol–water partition coefficient (Wildman–Crippen LogP) is 2.04. The van der Waals surface area contributed by atoms with E-state index in [0.717, 1.165) is 17.2 Å². The minimum atomic E-state index is 0.598. The highest BCUT2D eigenvalue weighted by Crippen LogP contribution is 2.10. The summed E-state index contributed by atoms with van der Waals surface area (Å²) in [5.74, 6) is 0.797. The van der Waals surface area contributed by atoms with Crippen LogP contribution >= 0.6 is 0 Å². The lowest BCUT2D eigenvalue weighted by molar-refractivity contribution is 0.828. The maximum atomic E-state index is 4.22. The first kappa shape index (κ1) is 10.7. The van der Waals surface area contributed by atoms with Gasteiger partial charge in [0.05, 0.1) is 6.54 Å². The van der Waals surface area contributed by atoms with Gasteiger partial charge in [-0.25, -0.2) is 0 Å². The van der Waals surface area contributed by atoms with E-state index >= 15 is 0 Å². The number of hydrogen-bond donors (Lipinski definition) is 1. The third-order valence-electron chi connectivity index (χ3n) is 2.75. The van der Waals surface area contributed by atoms with Gasteiger partial charge < -0.3 is 5.32 Å². The van der Waals surface area contributed by atoms with Gasteiger partial charge >= 0.3 is 0 Å². The van der Waals surface area contributed by atoms with Crippen LogP contribution < -0.4 is 5.32 Å². The second-order valence-electron chi connectivity index (χ2n) is 4.13. The third kappa shape index (κ3) is 2.02. The number of benzene rings is 1. The normalized spacial score (nSPS) is 10.7. The smallest absolute Gasteiger partial charge is 0.177 e. The van der Waals surface area contributed by atoms with E-state index in [1.54, 1.807) is 10.7 Å². The van der Waals surface area contributed by atoms with Crippen molar-refractivity contribution in [3.63, 3.8) is 0 Å². The fourth-order valence-corrected chi connectivity index (χ4v) is 1.75. The summed E-state index contributed by atoms with van der Waals surface area (Å²) in [4.78, 5) is 0. The summed E-state index contributed by atoms with van der Waals surface area (Å²) in [7, 11) is 0. The van der Waals surface area contributed by atoms with E-state index in [-0.39, 0.29) is 0 Å². The zero-order valence-corrected chi connectivity index (χ0v) is 10.0. The monoisotopic (exact) mass is 239 g/mol. The molecule has 0 aliphatic heterocycles. The lowest BCUT2D eigenvalue weighted by Crippen LogP contribution is -2.05. The third-order valence-corrected chi connectivity index (χ3v) is 2.75. The Labute approximate surface area is 104 Å². The molecule has 0 atom stereocenters. The molecule has 0 amide bonds. The number of aromatic nitrogens is 4. The Morgan fingerprint density at radius 1 is 1.11 bits per heavy atom. The van der Waals surface area contributed by atoms with Crippen LogP contribution in [0, 0.1) is 6.92 Å². The van der Waals surface area contributed by atoms with Gasteiger partial charge in [-0.1, -0.05) is 17.7 Å². The number of nitrogens with zero attached hydrogens (tertiary/aromatic N) is 4. The van der Waals surface area contributed by atoms with E-state index in [9.17, 15) is 0 Å². The quantitative estimate of drug-likeness (QED) is 0.760. The molecule has 0 aliphatic carbocycles. The number of rotatable bonds is 3. The van der Waals surface area contributed by atoms with Crippen LogP contribution in [0.2, 0.25) is 0 Å². The van der Waals surface area contributed by atoms with E-state index < -0.39 is 0 Å². The topological polar surface area (TPSA) is 55.1 Å². The molecule has 0 radical (unpaired) electrons. The van der Waals surface area contributed by atoms with Crippen LogP contribution in [0.25, 0.3) is 5.65 Å².